The summed E-state index contributed by atoms with van der Waals surface area (Å²) in [6.45, 7) is 2.82. The monoisotopic (exact) mass is 266 g/mol. The molecule has 0 spiro atoms. The molecule has 96 valence electrons. The first kappa shape index (κ1) is 13.8. The fourth-order valence-corrected chi connectivity index (χ4v) is 2.14. The Hall–Kier alpha value is -1.24. The summed E-state index contributed by atoms with van der Waals surface area (Å²) in [4.78, 5) is 13.1. The van der Waals surface area contributed by atoms with Crippen LogP contribution in [0.25, 0.3) is 0 Å². The second-order valence-electron chi connectivity index (χ2n) is 3.60. The van der Waals surface area contributed by atoms with Gasteiger partial charge in [-0.3, -0.25) is 0 Å². The average molecular weight is 266 g/mol. The molecule has 2 N–H and O–H groups in total. The van der Waals surface area contributed by atoms with E-state index in [1.165, 1.54) is 11.3 Å². The predicted molar refractivity (Wildman–Crippen MR) is 60.1 cm³/mol. The molecule has 0 saturated heterocycles. The minimum atomic E-state index is -4.38. The lowest BCUT2D eigenvalue weighted by atomic mass is 10.3. The van der Waals surface area contributed by atoms with Gasteiger partial charge in [-0.05, 0) is 25.5 Å². The molecule has 0 saturated carbocycles. The first-order valence-corrected chi connectivity index (χ1v) is 5.74. The van der Waals surface area contributed by atoms with Gasteiger partial charge >= 0.3 is 12.2 Å². The van der Waals surface area contributed by atoms with Crippen molar-refractivity contribution in [2.75, 3.05) is 6.54 Å². The molecule has 3 nitrogen and oxygen atoms in total. The number of hydrogen-bond acceptors (Lipinski definition) is 2. The molecule has 7 heteroatoms. The maximum atomic E-state index is 11.8. The Bertz CT molecular complexity index is 381. The van der Waals surface area contributed by atoms with Crippen LogP contribution in [0.15, 0.2) is 6.07 Å². The molecule has 1 aromatic heterocycles. The van der Waals surface area contributed by atoms with Crippen LogP contribution in [0.3, 0.4) is 0 Å². The smallest absolute Gasteiger partial charge is 0.333 e. The summed E-state index contributed by atoms with van der Waals surface area (Å²) in [5.41, 5.74) is 1.11. The highest BCUT2D eigenvalue weighted by molar-refractivity contribution is 7.12. The van der Waals surface area contributed by atoms with Crippen molar-refractivity contribution in [3.05, 3.63) is 21.4 Å². The van der Waals surface area contributed by atoms with E-state index < -0.39 is 18.8 Å². The number of rotatable bonds is 3. The van der Waals surface area contributed by atoms with E-state index in [2.05, 4.69) is 5.32 Å². The largest absolute Gasteiger partial charge is 0.405 e. The van der Waals surface area contributed by atoms with Crippen LogP contribution < -0.4 is 10.6 Å². The highest BCUT2D eigenvalue weighted by Gasteiger charge is 2.27. The third-order valence-corrected chi connectivity index (χ3v) is 3.24. The van der Waals surface area contributed by atoms with Crippen molar-refractivity contribution in [3.63, 3.8) is 0 Å². The van der Waals surface area contributed by atoms with Gasteiger partial charge in [0.05, 0.1) is 6.54 Å². The fraction of sp³-hybridized carbons (Fsp3) is 0.500. The number of nitrogens with one attached hydrogen (secondary N) is 2. The van der Waals surface area contributed by atoms with Gasteiger partial charge in [-0.15, -0.1) is 11.3 Å². The van der Waals surface area contributed by atoms with Crippen molar-refractivity contribution in [2.24, 2.45) is 0 Å². The fourth-order valence-electron chi connectivity index (χ4n) is 1.15. The first-order valence-electron chi connectivity index (χ1n) is 4.92. The Morgan fingerprint density at radius 1 is 1.35 bits per heavy atom. The summed E-state index contributed by atoms with van der Waals surface area (Å²) < 4.78 is 35.4. The molecule has 0 aliphatic carbocycles. The average Bonchev–Trinajstić information content (AvgIpc) is 2.51. The number of urea groups is 1. The maximum Gasteiger partial charge on any atom is 0.405 e. The van der Waals surface area contributed by atoms with E-state index in [1.807, 2.05) is 19.9 Å². The molecule has 0 aromatic carbocycles. The third kappa shape index (κ3) is 5.08. The first-order chi connectivity index (χ1) is 7.78. The van der Waals surface area contributed by atoms with E-state index in [9.17, 15) is 18.0 Å². The Kier molecular flexibility index (Phi) is 4.39. The zero-order valence-corrected chi connectivity index (χ0v) is 10.3. The molecular weight excluding hydrogens is 253 g/mol. The molecule has 1 heterocycles. The summed E-state index contributed by atoms with van der Waals surface area (Å²) in [5.74, 6) is 0. The van der Waals surface area contributed by atoms with E-state index >= 15 is 0 Å². The van der Waals surface area contributed by atoms with Gasteiger partial charge in [0.2, 0.25) is 0 Å². The van der Waals surface area contributed by atoms with Crippen LogP contribution in [0.5, 0.6) is 0 Å². The molecule has 0 bridgehead atoms. The molecule has 0 radical (unpaired) electrons. The van der Waals surface area contributed by atoms with Crippen LogP contribution in [-0.2, 0) is 6.54 Å². The van der Waals surface area contributed by atoms with Gasteiger partial charge in [-0.1, -0.05) is 0 Å². The van der Waals surface area contributed by atoms with E-state index in [-0.39, 0.29) is 6.54 Å². The summed E-state index contributed by atoms with van der Waals surface area (Å²) >= 11 is 1.52. The van der Waals surface area contributed by atoms with Crippen LogP contribution in [0.2, 0.25) is 0 Å². The van der Waals surface area contributed by atoms with Gasteiger partial charge < -0.3 is 10.6 Å². The molecule has 0 fully saturated rings. The maximum absolute atomic E-state index is 11.8. The van der Waals surface area contributed by atoms with Crippen LogP contribution in [0, 0.1) is 13.8 Å². The molecule has 0 aliphatic rings. The summed E-state index contributed by atoms with van der Waals surface area (Å²) in [6.07, 6.45) is -4.38. The SMILES string of the molecule is Cc1cc(CNC(=O)NCC(F)(F)F)sc1C. The topological polar surface area (TPSA) is 41.1 Å². The van der Waals surface area contributed by atoms with Gasteiger partial charge in [0.15, 0.2) is 0 Å². The predicted octanol–water partition coefficient (Wildman–Crippen LogP) is 2.73. The van der Waals surface area contributed by atoms with E-state index in [1.54, 1.807) is 5.32 Å². The zero-order chi connectivity index (χ0) is 13.1. The number of halogens is 3. The van der Waals surface area contributed by atoms with Crippen LogP contribution in [0.1, 0.15) is 15.3 Å². The summed E-state index contributed by atoms with van der Waals surface area (Å²) in [5, 5.41) is 4.12. The van der Waals surface area contributed by atoms with Crippen molar-refractivity contribution >= 4 is 17.4 Å². The minimum absolute atomic E-state index is 0.239. The van der Waals surface area contributed by atoms with Crippen LogP contribution in [-0.4, -0.2) is 18.8 Å². The lowest BCUT2D eigenvalue weighted by Gasteiger charge is -2.08. The van der Waals surface area contributed by atoms with Gasteiger partial charge in [0, 0.05) is 9.75 Å². The molecule has 2 amide bonds. The van der Waals surface area contributed by atoms with Gasteiger partial charge in [0.25, 0.3) is 0 Å². The number of thiophene rings is 1. The number of aryl methyl sites for hydroxylation is 2. The van der Waals surface area contributed by atoms with Crippen molar-refractivity contribution in [1.29, 1.82) is 0 Å². The van der Waals surface area contributed by atoms with Gasteiger partial charge in [0.1, 0.15) is 6.54 Å². The van der Waals surface area contributed by atoms with Crippen molar-refractivity contribution in [3.8, 4) is 0 Å². The van der Waals surface area contributed by atoms with Crippen molar-refractivity contribution in [1.82, 2.24) is 10.6 Å². The third-order valence-electron chi connectivity index (χ3n) is 2.09. The zero-order valence-electron chi connectivity index (χ0n) is 9.44. The lowest BCUT2D eigenvalue weighted by Crippen LogP contribution is -2.40. The molecular formula is C10H13F3N2OS. The Morgan fingerprint density at radius 3 is 2.47 bits per heavy atom. The van der Waals surface area contributed by atoms with E-state index in [0.717, 1.165) is 15.3 Å². The normalized spacial score (nSPS) is 11.4. The van der Waals surface area contributed by atoms with Crippen molar-refractivity contribution < 1.29 is 18.0 Å². The van der Waals surface area contributed by atoms with E-state index in [0.29, 0.717) is 0 Å². The minimum Gasteiger partial charge on any atom is -0.333 e. The standard InChI is InChI=1S/C10H13F3N2OS/c1-6-3-8(17-7(6)2)4-14-9(16)15-5-10(11,12)13/h3H,4-5H2,1-2H3,(H2,14,15,16). The summed E-state index contributed by atoms with van der Waals surface area (Å²) in [7, 11) is 0. The number of amides is 2. The molecule has 0 aliphatic heterocycles. The Labute approximate surface area is 101 Å². The summed E-state index contributed by atoms with van der Waals surface area (Å²) in [6, 6.07) is 1.09. The van der Waals surface area contributed by atoms with E-state index in [4.69, 9.17) is 0 Å². The number of alkyl halides is 3. The van der Waals surface area contributed by atoms with Gasteiger partial charge in [-0.2, -0.15) is 13.2 Å². The second kappa shape index (κ2) is 5.39. The number of carbonyl (C=O) groups is 1. The molecule has 17 heavy (non-hydrogen) atoms. The van der Waals surface area contributed by atoms with Gasteiger partial charge in [-0.25, -0.2) is 4.79 Å². The second-order valence-corrected chi connectivity index (χ2v) is 4.94. The van der Waals surface area contributed by atoms with Crippen LogP contribution in [0.4, 0.5) is 18.0 Å². The highest BCUT2D eigenvalue weighted by Crippen LogP contribution is 2.20. The van der Waals surface area contributed by atoms with Crippen molar-refractivity contribution in [2.45, 2.75) is 26.6 Å². The molecule has 0 atom stereocenters. The quantitative estimate of drug-likeness (QED) is 0.867. The molecule has 1 rings (SSSR count). The molecule has 0 unspecified atom stereocenters. The molecule has 1 aromatic rings. The lowest BCUT2D eigenvalue weighted by molar-refractivity contribution is -0.122. The Balaban J connectivity index is 2.33. The Morgan fingerprint density at radius 2 is 2.00 bits per heavy atom. The highest BCUT2D eigenvalue weighted by atomic mass is 32.1. The number of carbonyl (C=O) groups excluding carboxylic acids is 1. The number of hydrogen-bond donors (Lipinski definition) is 2. The van der Waals surface area contributed by atoms with Crippen LogP contribution >= 0.6 is 11.3 Å².